The van der Waals surface area contributed by atoms with Gasteiger partial charge in [-0.05, 0) is 22.5 Å². The third-order valence-corrected chi connectivity index (χ3v) is 5.18. The highest BCUT2D eigenvalue weighted by Gasteiger charge is 2.25. The molecule has 1 aliphatic heterocycles. The van der Waals surface area contributed by atoms with Crippen molar-refractivity contribution in [2.45, 2.75) is 52.4 Å². The smallest absolute Gasteiger partial charge is 0.233 e. The Morgan fingerprint density at radius 2 is 1.25 bits per heavy atom. The first-order valence-electron chi connectivity index (χ1n) is 9.46. The van der Waals surface area contributed by atoms with Gasteiger partial charge in [-0.2, -0.15) is 0 Å². The minimum atomic E-state index is -0.325. The number of benzene rings is 2. The highest BCUT2D eigenvalue weighted by atomic mass is 16.4. The van der Waals surface area contributed by atoms with Crippen LogP contribution in [0.15, 0.2) is 54.8 Å². The summed E-state index contributed by atoms with van der Waals surface area (Å²) in [5.41, 5.74) is 1.99. The molecule has 0 saturated heterocycles. The van der Waals surface area contributed by atoms with Crippen LogP contribution in [0.1, 0.15) is 52.7 Å². The van der Waals surface area contributed by atoms with Crippen LogP contribution in [-0.4, -0.2) is 0 Å². The fourth-order valence-corrected chi connectivity index (χ4v) is 3.50. The Labute approximate surface area is 162 Å². The Morgan fingerprint density at radius 3 is 1.75 bits per heavy atom. The topological polar surface area (TPSA) is 60.4 Å². The normalized spacial score (nSPS) is 12.9. The lowest BCUT2D eigenvalue weighted by molar-refractivity contribution is 0.454. The average molecular weight is 376 g/mol. The van der Waals surface area contributed by atoms with Crippen molar-refractivity contribution in [1.29, 1.82) is 0 Å². The molecule has 0 aromatic heterocycles. The van der Waals surface area contributed by atoms with Gasteiger partial charge in [0, 0.05) is 16.3 Å². The molecule has 144 valence electrons. The van der Waals surface area contributed by atoms with Crippen molar-refractivity contribution in [3.63, 3.8) is 0 Å². The van der Waals surface area contributed by atoms with E-state index in [1.54, 1.807) is 24.3 Å². The van der Waals surface area contributed by atoms with Crippen LogP contribution in [0.25, 0.3) is 21.9 Å². The van der Waals surface area contributed by atoms with Crippen molar-refractivity contribution in [2.75, 3.05) is 0 Å². The van der Waals surface area contributed by atoms with E-state index < -0.39 is 0 Å². The molecule has 4 rings (SSSR count). The summed E-state index contributed by atoms with van der Waals surface area (Å²) in [5, 5.41) is 0.697. The van der Waals surface area contributed by atoms with Gasteiger partial charge in [0.1, 0.15) is 0 Å². The molecule has 2 aromatic rings. The van der Waals surface area contributed by atoms with Crippen LogP contribution in [0.3, 0.4) is 0 Å². The van der Waals surface area contributed by atoms with E-state index in [1.807, 2.05) is 6.07 Å². The maximum absolute atomic E-state index is 13.0. The second-order valence-electron chi connectivity index (χ2n) is 9.42. The van der Waals surface area contributed by atoms with E-state index in [0.717, 1.165) is 11.1 Å². The summed E-state index contributed by atoms with van der Waals surface area (Å²) in [4.78, 5) is 25.9. The Balaban J connectivity index is 2.30. The van der Waals surface area contributed by atoms with Crippen molar-refractivity contribution in [1.82, 2.24) is 0 Å². The lowest BCUT2D eigenvalue weighted by atomic mass is 9.80. The molecule has 0 radical (unpaired) electrons. The van der Waals surface area contributed by atoms with Crippen LogP contribution in [-0.2, 0) is 10.8 Å². The summed E-state index contributed by atoms with van der Waals surface area (Å²) in [6.45, 7) is 12.6. The summed E-state index contributed by atoms with van der Waals surface area (Å²) in [5.74, 6) is 0. The largest absolute Gasteiger partial charge is 0.445 e. The Morgan fingerprint density at radius 1 is 0.714 bits per heavy atom. The molecule has 0 N–H and O–H groups in total. The number of fused-ring (bicyclic) bond motifs is 2. The highest BCUT2D eigenvalue weighted by Crippen LogP contribution is 2.35. The zero-order chi connectivity index (χ0) is 20.4. The summed E-state index contributed by atoms with van der Waals surface area (Å²) >= 11 is 0. The van der Waals surface area contributed by atoms with E-state index >= 15 is 0 Å². The predicted octanol–water partition coefficient (Wildman–Crippen LogP) is 5.22. The van der Waals surface area contributed by atoms with E-state index in [1.165, 1.54) is 0 Å². The van der Waals surface area contributed by atoms with Gasteiger partial charge in [0.25, 0.3) is 0 Å². The Bertz CT molecular complexity index is 1410. The fraction of sp³-hybridized carbons (Fsp3) is 0.333. The van der Waals surface area contributed by atoms with Gasteiger partial charge in [-0.3, -0.25) is 9.59 Å². The molecule has 2 aliphatic rings. The van der Waals surface area contributed by atoms with E-state index in [4.69, 9.17) is 8.83 Å². The third-order valence-electron chi connectivity index (χ3n) is 5.18. The minimum Gasteiger partial charge on any atom is -0.445 e. The average Bonchev–Trinajstić information content (AvgIpc) is 2.62. The molecular formula is C24H24O4. The monoisotopic (exact) mass is 376 g/mol. The summed E-state index contributed by atoms with van der Waals surface area (Å²) in [6, 6.07) is 10.8. The lowest BCUT2D eigenvalue weighted by Crippen LogP contribution is -2.18. The van der Waals surface area contributed by atoms with Gasteiger partial charge in [0.2, 0.25) is 21.7 Å². The first kappa shape index (κ1) is 18.5. The molecule has 0 fully saturated rings. The summed E-state index contributed by atoms with van der Waals surface area (Å²) in [7, 11) is 0. The van der Waals surface area contributed by atoms with Crippen LogP contribution in [0.4, 0.5) is 0 Å². The van der Waals surface area contributed by atoms with Crippen molar-refractivity contribution >= 4 is 21.9 Å². The molecule has 0 amide bonds. The standard InChI is InChI=1S/C24H24O4/c1-23(2,3)13-11-16(24(4,5)6)20-17(12-13)27-21-18(25)14-9-7-8-10-15(14)19(26)22(21)28-20/h7-12H,1-6H3. The molecule has 0 bridgehead atoms. The Hall–Kier alpha value is -2.88. The molecule has 0 saturated carbocycles. The molecule has 0 spiro atoms. The van der Waals surface area contributed by atoms with Crippen LogP contribution in [0, 0.1) is 10.8 Å². The molecule has 4 heteroatoms. The maximum Gasteiger partial charge on any atom is 0.233 e. The molecule has 1 aliphatic carbocycles. The zero-order valence-electron chi connectivity index (χ0n) is 17.1. The van der Waals surface area contributed by atoms with Gasteiger partial charge in [0.05, 0.1) is 0 Å². The van der Waals surface area contributed by atoms with Gasteiger partial charge in [-0.1, -0.05) is 71.9 Å². The highest BCUT2D eigenvalue weighted by molar-refractivity contribution is 5.82. The third kappa shape index (κ3) is 2.75. The lowest BCUT2D eigenvalue weighted by Gasteiger charge is -2.25. The molecule has 4 nitrogen and oxygen atoms in total. The Kier molecular flexibility index (Phi) is 3.83. The van der Waals surface area contributed by atoms with E-state index in [2.05, 4.69) is 47.6 Å². The van der Waals surface area contributed by atoms with Crippen LogP contribution in [0.2, 0.25) is 0 Å². The maximum atomic E-state index is 13.0. The molecule has 0 unspecified atom stereocenters. The number of hydrogen-bond acceptors (Lipinski definition) is 4. The summed E-state index contributed by atoms with van der Waals surface area (Å²) < 4.78 is 12.1. The molecule has 0 atom stereocenters. The van der Waals surface area contributed by atoms with E-state index in [9.17, 15) is 9.59 Å². The zero-order valence-corrected chi connectivity index (χ0v) is 17.1. The van der Waals surface area contributed by atoms with Gasteiger partial charge in [-0.15, -0.1) is 0 Å². The predicted molar refractivity (Wildman–Crippen MR) is 111 cm³/mol. The fourth-order valence-electron chi connectivity index (χ4n) is 3.50. The molecule has 2 aromatic carbocycles. The first-order chi connectivity index (χ1) is 13.0. The molecular weight excluding hydrogens is 352 g/mol. The molecule has 28 heavy (non-hydrogen) atoms. The van der Waals surface area contributed by atoms with E-state index in [0.29, 0.717) is 21.9 Å². The SMILES string of the molecule is CC(C)(C)c1cc(C(C)(C)C)c2oc3c(=O)c4ccccc4c(=O)c=3oc2c1. The minimum absolute atomic E-state index is 0.0230. The number of rotatable bonds is 0. The van der Waals surface area contributed by atoms with Gasteiger partial charge >= 0.3 is 0 Å². The van der Waals surface area contributed by atoms with Gasteiger partial charge < -0.3 is 8.83 Å². The van der Waals surface area contributed by atoms with Gasteiger partial charge in [0.15, 0.2) is 11.2 Å². The van der Waals surface area contributed by atoms with Crippen LogP contribution in [0.5, 0.6) is 0 Å². The second-order valence-corrected chi connectivity index (χ2v) is 9.42. The van der Waals surface area contributed by atoms with E-state index in [-0.39, 0.29) is 32.5 Å². The molecule has 1 heterocycles. The second kappa shape index (κ2) is 5.81. The quantitative estimate of drug-likeness (QED) is 0.422. The van der Waals surface area contributed by atoms with Crippen LogP contribution >= 0.6 is 0 Å². The summed E-state index contributed by atoms with van der Waals surface area (Å²) in [6.07, 6.45) is 0. The van der Waals surface area contributed by atoms with Crippen molar-refractivity contribution in [3.8, 4) is 0 Å². The number of hydrogen-bond donors (Lipinski definition) is 0. The van der Waals surface area contributed by atoms with Crippen LogP contribution < -0.4 is 10.9 Å². The van der Waals surface area contributed by atoms with Crippen molar-refractivity contribution < 1.29 is 8.83 Å². The van der Waals surface area contributed by atoms with Crippen molar-refractivity contribution in [2.24, 2.45) is 0 Å². The van der Waals surface area contributed by atoms with Crippen molar-refractivity contribution in [3.05, 3.63) is 78.8 Å². The van der Waals surface area contributed by atoms with Gasteiger partial charge in [-0.25, -0.2) is 0 Å². The first-order valence-corrected chi connectivity index (χ1v) is 9.46.